The molecule has 0 saturated heterocycles. The van der Waals surface area contributed by atoms with Crippen LogP contribution in [-0.4, -0.2) is 37.7 Å². The van der Waals surface area contributed by atoms with E-state index in [0.29, 0.717) is 6.04 Å². The van der Waals surface area contributed by atoms with Crippen LogP contribution in [0.5, 0.6) is 0 Å². The molecule has 4 nitrogen and oxygen atoms in total. The molecule has 3 N–H and O–H groups in total. The second kappa shape index (κ2) is 8.14. The maximum absolute atomic E-state index is 5.54. The summed E-state index contributed by atoms with van der Waals surface area (Å²) >= 11 is 2.29. The lowest BCUT2D eigenvalue weighted by molar-refractivity contribution is 0.296. The van der Waals surface area contributed by atoms with Crippen molar-refractivity contribution in [2.24, 2.45) is 11.7 Å². The smallest absolute Gasteiger partial charge is 0.128 e. The van der Waals surface area contributed by atoms with Crippen molar-refractivity contribution in [1.82, 2.24) is 10.3 Å². The second-order valence-electron chi connectivity index (χ2n) is 5.68. The maximum atomic E-state index is 5.54. The number of nitrogens with one attached hydrogen (secondary N) is 1. The number of halogens is 1. The van der Waals surface area contributed by atoms with Gasteiger partial charge in [0.1, 0.15) is 5.82 Å². The summed E-state index contributed by atoms with van der Waals surface area (Å²) in [5.41, 5.74) is 5.54. The van der Waals surface area contributed by atoms with Crippen LogP contribution >= 0.6 is 22.6 Å². The largest absolute Gasteiger partial charge is 0.359 e. The topological polar surface area (TPSA) is 54.2 Å². The van der Waals surface area contributed by atoms with E-state index >= 15 is 0 Å². The Labute approximate surface area is 135 Å². The highest BCUT2D eigenvalue weighted by Gasteiger charge is 2.21. The number of nitrogens with zero attached hydrogens (tertiary/aromatic N) is 2. The van der Waals surface area contributed by atoms with Crippen LogP contribution in [0.25, 0.3) is 0 Å². The Kier molecular flexibility index (Phi) is 6.51. The van der Waals surface area contributed by atoms with Gasteiger partial charge in [0.2, 0.25) is 0 Å². The minimum atomic E-state index is 0.677. The first-order valence-corrected chi connectivity index (χ1v) is 8.53. The van der Waals surface area contributed by atoms with E-state index in [9.17, 15) is 0 Å². The summed E-state index contributed by atoms with van der Waals surface area (Å²) < 4.78 is 1.19. The van der Waals surface area contributed by atoms with Crippen molar-refractivity contribution in [3.8, 4) is 0 Å². The number of hydrogen-bond acceptors (Lipinski definition) is 4. The Morgan fingerprint density at radius 2 is 2.10 bits per heavy atom. The number of anilines is 1. The highest BCUT2D eigenvalue weighted by Crippen LogP contribution is 2.26. The summed E-state index contributed by atoms with van der Waals surface area (Å²) in [6.45, 7) is 2.79. The molecule has 1 fully saturated rings. The van der Waals surface area contributed by atoms with Crippen molar-refractivity contribution < 1.29 is 0 Å². The standard InChI is InChI=1S/C15H25IN4/c1-20(15-7-4-13(16)10-19-15)11-12-2-5-14(6-3-12)18-9-8-17/h4,7,10,12,14,18H,2-3,5-6,8-9,11,17H2,1H3/t12-,14-. The van der Waals surface area contributed by atoms with Crippen molar-refractivity contribution >= 4 is 28.4 Å². The first-order valence-electron chi connectivity index (χ1n) is 7.45. The van der Waals surface area contributed by atoms with Crippen molar-refractivity contribution in [2.75, 3.05) is 31.6 Å². The normalized spacial score (nSPS) is 22.8. The highest BCUT2D eigenvalue weighted by atomic mass is 127. The van der Waals surface area contributed by atoms with Crippen LogP contribution in [0, 0.1) is 9.49 Å². The third-order valence-corrected chi connectivity index (χ3v) is 4.70. The van der Waals surface area contributed by atoms with Crippen LogP contribution in [0.4, 0.5) is 5.82 Å². The molecular weight excluding hydrogens is 363 g/mol. The van der Waals surface area contributed by atoms with E-state index in [4.69, 9.17) is 5.73 Å². The Morgan fingerprint density at radius 1 is 1.35 bits per heavy atom. The number of rotatable bonds is 6. The molecule has 1 aromatic heterocycles. The lowest BCUT2D eigenvalue weighted by atomic mass is 9.85. The van der Waals surface area contributed by atoms with Gasteiger partial charge in [-0.15, -0.1) is 0 Å². The third kappa shape index (κ3) is 4.86. The molecule has 112 valence electrons. The van der Waals surface area contributed by atoms with Crippen LogP contribution in [0.2, 0.25) is 0 Å². The Hall–Kier alpha value is -0.400. The van der Waals surface area contributed by atoms with E-state index in [1.807, 2.05) is 6.20 Å². The fourth-order valence-corrected chi connectivity index (χ4v) is 3.23. The van der Waals surface area contributed by atoms with Gasteiger partial charge < -0.3 is 16.0 Å². The molecule has 0 spiro atoms. The molecule has 5 heteroatoms. The van der Waals surface area contributed by atoms with Gasteiger partial charge in [0.25, 0.3) is 0 Å². The molecule has 1 aliphatic rings. The first kappa shape index (κ1) is 16.0. The first-order chi connectivity index (χ1) is 9.69. The van der Waals surface area contributed by atoms with Gasteiger partial charge in [-0.1, -0.05) is 0 Å². The van der Waals surface area contributed by atoms with Gasteiger partial charge in [-0.2, -0.15) is 0 Å². The summed E-state index contributed by atoms with van der Waals surface area (Å²) in [4.78, 5) is 6.78. The van der Waals surface area contributed by atoms with Crippen molar-refractivity contribution in [3.05, 3.63) is 21.9 Å². The van der Waals surface area contributed by atoms with Gasteiger partial charge in [0.05, 0.1) is 0 Å². The molecule has 1 aliphatic carbocycles. The molecule has 1 aromatic rings. The fraction of sp³-hybridized carbons (Fsp3) is 0.667. The fourth-order valence-electron chi connectivity index (χ4n) is 2.91. The van der Waals surface area contributed by atoms with Crippen molar-refractivity contribution in [3.63, 3.8) is 0 Å². The Morgan fingerprint density at radius 3 is 2.70 bits per heavy atom. The van der Waals surface area contributed by atoms with E-state index in [0.717, 1.165) is 31.4 Å². The lowest BCUT2D eigenvalue weighted by Gasteiger charge is -2.32. The van der Waals surface area contributed by atoms with E-state index in [1.54, 1.807) is 0 Å². The monoisotopic (exact) mass is 388 g/mol. The minimum Gasteiger partial charge on any atom is -0.359 e. The van der Waals surface area contributed by atoms with E-state index in [1.165, 1.54) is 29.3 Å². The van der Waals surface area contributed by atoms with Gasteiger partial charge in [0.15, 0.2) is 0 Å². The predicted molar refractivity (Wildman–Crippen MR) is 93.0 cm³/mol. The molecular formula is C15H25IN4. The zero-order valence-electron chi connectivity index (χ0n) is 12.2. The Bertz CT molecular complexity index is 387. The SMILES string of the molecule is CN(C[C@H]1CC[C@H](NCCN)CC1)c1ccc(I)cn1. The molecule has 0 unspecified atom stereocenters. The average molecular weight is 388 g/mol. The summed E-state index contributed by atoms with van der Waals surface area (Å²) in [7, 11) is 2.15. The van der Waals surface area contributed by atoms with Gasteiger partial charge >= 0.3 is 0 Å². The summed E-state index contributed by atoms with van der Waals surface area (Å²) in [6, 6.07) is 4.90. The van der Waals surface area contributed by atoms with Crippen LogP contribution in [0.3, 0.4) is 0 Å². The van der Waals surface area contributed by atoms with Crippen LogP contribution in [-0.2, 0) is 0 Å². The number of nitrogens with two attached hydrogens (primary N) is 1. The summed E-state index contributed by atoms with van der Waals surface area (Å²) in [5.74, 6) is 1.87. The van der Waals surface area contributed by atoms with E-state index in [-0.39, 0.29) is 0 Å². The molecule has 0 aromatic carbocycles. The van der Waals surface area contributed by atoms with E-state index < -0.39 is 0 Å². The highest BCUT2D eigenvalue weighted by molar-refractivity contribution is 14.1. The second-order valence-corrected chi connectivity index (χ2v) is 6.92. The van der Waals surface area contributed by atoms with Gasteiger partial charge in [0, 0.05) is 42.5 Å². The molecule has 1 heterocycles. The lowest BCUT2D eigenvalue weighted by Crippen LogP contribution is -2.38. The van der Waals surface area contributed by atoms with Gasteiger partial charge in [-0.3, -0.25) is 0 Å². The molecule has 1 saturated carbocycles. The molecule has 0 radical (unpaired) electrons. The average Bonchev–Trinajstić information content (AvgIpc) is 2.47. The van der Waals surface area contributed by atoms with Gasteiger partial charge in [-0.05, 0) is 66.3 Å². The zero-order chi connectivity index (χ0) is 14.4. The Balaban J connectivity index is 1.76. The summed E-state index contributed by atoms with van der Waals surface area (Å²) in [6.07, 6.45) is 7.09. The molecule has 0 atom stereocenters. The van der Waals surface area contributed by atoms with Crippen molar-refractivity contribution in [1.29, 1.82) is 0 Å². The number of hydrogen-bond donors (Lipinski definition) is 2. The van der Waals surface area contributed by atoms with E-state index in [2.05, 4.69) is 57.0 Å². The van der Waals surface area contributed by atoms with Gasteiger partial charge in [-0.25, -0.2) is 4.98 Å². The minimum absolute atomic E-state index is 0.677. The number of pyridine rings is 1. The molecule has 2 rings (SSSR count). The maximum Gasteiger partial charge on any atom is 0.128 e. The molecule has 0 aliphatic heterocycles. The van der Waals surface area contributed by atoms with Crippen LogP contribution in [0.1, 0.15) is 25.7 Å². The zero-order valence-corrected chi connectivity index (χ0v) is 14.3. The van der Waals surface area contributed by atoms with Crippen molar-refractivity contribution in [2.45, 2.75) is 31.7 Å². The predicted octanol–water partition coefficient (Wildman–Crippen LogP) is 2.23. The number of aromatic nitrogens is 1. The summed E-state index contributed by atoms with van der Waals surface area (Å²) in [5, 5.41) is 3.53. The quantitative estimate of drug-likeness (QED) is 0.734. The van der Waals surface area contributed by atoms with Crippen LogP contribution < -0.4 is 16.0 Å². The molecule has 0 amide bonds. The molecule has 0 bridgehead atoms. The molecule has 20 heavy (non-hydrogen) atoms. The third-order valence-electron chi connectivity index (χ3n) is 4.06. The van der Waals surface area contributed by atoms with Crippen LogP contribution in [0.15, 0.2) is 18.3 Å².